The Labute approximate surface area is 105 Å². The van der Waals surface area contributed by atoms with Crippen molar-refractivity contribution in [1.82, 2.24) is 0 Å². The lowest BCUT2D eigenvalue weighted by atomic mass is 10.1. The second-order valence-corrected chi connectivity index (χ2v) is 6.68. The summed E-state index contributed by atoms with van der Waals surface area (Å²) in [7, 11) is 0. The van der Waals surface area contributed by atoms with E-state index in [1.165, 1.54) is 23.3 Å². The van der Waals surface area contributed by atoms with E-state index in [4.69, 9.17) is 5.73 Å². The molecule has 1 atom stereocenters. The van der Waals surface area contributed by atoms with Crippen LogP contribution in [0.25, 0.3) is 0 Å². The molecule has 76 valence electrons. The lowest BCUT2D eigenvalue weighted by molar-refractivity contribution is 0.796. The molecule has 0 aromatic carbocycles. The molecule has 4 heteroatoms. The molecule has 0 radical (unpaired) electrons. The van der Waals surface area contributed by atoms with Crippen LogP contribution in [-0.2, 0) is 0 Å². The largest absolute Gasteiger partial charge is 0.320 e. The number of hydrogen-bond acceptors (Lipinski definition) is 2. The van der Waals surface area contributed by atoms with E-state index < -0.39 is 0 Å². The van der Waals surface area contributed by atoms with E-state index >= 15 is 0 Å². The average molecular weight is 337 g/mol. The summed E-state index contributed by atoms with van der Waals surface area (Å²) in [5.74, 6) is 0. The highest BCUT2D eigenvalue weighted by Gasteiger charge is 2.17. The van der Waals surface area contributed by atoms with Crippen molar-refractivity contribution in [2.75, 3.05) is 0 Å². The summed E-state index contributed by atoms with van der Waals surface area (Å²) in [6.45, 7) is 0. The van der Waals surface area contributed by atoms with Gasteiger partial charge < -0.3 is 5.73 Å². The van der Waals surface area contributed by atoms with Crippen molar-refractivity contribution in [3.8, 4) is 0 Å². The number of halogens is 2. The fourth-order valence-electron chi connectivity index (χ4n) is 1.68. The first-order valence-corrected chi connectivity index (χ1v) is 6.98. The zero-order valence-corrected chi connectivity index (χ0v) is 11.6. The lowest BCUT2D eigenvalue weighted by Gasteiger charge is -2.10. The van der Waals surface area contributed by atoms with Crippen LogP contribution >= 0.6 is 43.2 Å². The van der Waals surface area contributed by atoms with Crippen molar-refractivity contribution < 1.29 is 0 Å². The van der Waals surface area contributed by atoms with E-state index in [-0.39, 0.29) is 6.04 Å². The number of hydrogen-bond donors (Lipinski definition) is 1. The summed E-state index contributed by atoms with van der Waals surface area (Å²) in [6, 6.07) is 2.21. The number of nitrogens with two attached hydrogens (primary N) is 1. The van der Waals surface area contributed by atoms with Crippen molar-refractivity contribution in [3.63, 3.8) is 0 Å². The summed E-state index contributed by atoms with van der Waals surface area (Å²) in [4.78, 5) is 1.23. The van der Waals surface area contributed by atoms with Crippen molar-refractivity contribution in [2.45, 2.75) is 25.3 Å². The molecular weight excluding hydrogens is 326 g/mol. The van der Waals surface area contributed by atoms with Crippen LogP contribution in [0.1, 0.15) is 30.2 Å². The van der Waals surface area contributed by atoms with Crippen molar-refractivity contribution in [1.29, 1.82) is 0 Å². The molecule has 1 nitrogen and oxygen atoms in total. The van der Waals surface area contributed by atoms with Gasteiger partial charge in [-0.3, -0.25) is 0 Å². The molecule has 0 amide bonds. The summed E-state index contributed by atoms with van der Waals surface area (Å²) >= 11 is 8.68. The molecule has 1 aromatic heterocycles. The molecule has 0 saturated heterocycles. The smallest absolute Gasteiger partial charge is 0.0843 e. The van der Waals surface area contributed by atoms with Crippen LogP contribution in [0.5, 0.6) is 0 Å². The van der Waals surface area contributed by atoms with E-state index in [0.29, 0.717) is 0 Å². The molecule has 0 bridgehead atoms. The zero-order chi connectivity index (χ0) is 10.1. The fourth-order valence-corrected chi connectivity index (χ4v) is 3.81. The molecule has 0 saturated carbocycles. The van der Waals surface area contributed by atoms with Crippen LogP contribution in [0, 0.1) is 0 Å². The topological polar surface area (TPSA) is 26.0 Å². The van der Waals surface area contributed by atoms with Crippen molar-refractivity contribution in [3.05, 3.63) is 30.9 Å². The Kier molecular flexibility index (Phi) is 3.47. The first-order valence-electron chi connectivity index (χ1n) is 4.57. The van der Waals surface area contributed by atoms with Crippen LogP contribution in [0.2, 0.25) is 0 Å². The van der Waals surface area contributed by atoms with Crippen LogP contribution < -0.4 is 5.73 Å². The Morgan fingerprint density at radius 3 is 2.71 bits per heavy atom. The predicted molar refractivity (Wildman–Crippen MR) is 68.6 cm³/mol. The SMILES string of the molecule is NC(C1=CCCC1)c1cc(Br)c(Br)s1. The highest BCUT2D eigenvalue weighted by atomic mass is 79.9. The fraction of sp³-hybridized carbons (Fsp3) is 0.400. The minimum absolute atomic E-state index is 0.102. The van der Waals surface area contributed by atoms with Crippen LogP contribution in [0.15, 0.2) is 26.0 Å². The van der Waals surface area contributed by atoms with Gasteiger partial charge in [0.05, 0.1) is 9.83 Å². The molecule has 0 aliphatic heterocycles. The first kappa shape index (κ1) is 10.9. The summed E-state index contributed by atoms with van der Waals surface area (Å²) < 4.78 is 2.23. The van der Waals surface area contributed by atoms with Crippen LogP contribution in [0.3, 0.4) is 0 Å². The molecule has 1 aromatic rings. The molecule has 0 spiro atoms. The van der Waals surface area contributed by atoms with Gasteiger partial charge in [-0.25, -0.2) is 0 Å². The summed E-state index contributed by atoms with van der Waals surface area (Å²) in [5, 5.41) is 0. The van der Waals surface area contributed by atoms with Gasteiger partial charge in [0.2, 0.25) is 0 Å². The van der Waals surface area contributed by atoms with Gasteiger partial charge in [0.1, 0.15) is 0 Å². The van der Waals surface area contributed by atoms with Gasteiger partial charge in [0, 0.05) is 9.35 Å². The molecule has 1 aliphatic carbocycles. The third kappa shape index (κ3) is 2.13. The minimum atomic E-state index is 0.102. The molecule has 2 rings (SSSR count). The summed E-state index contributed by atoms with van der Waals surface area (Å²) in [6.07, 6.45) is 5.90. The molecule has 14 heavy (non-hydrogen) atoms. The third-order valence-corrected chi connectivity index (χ3v) is 5.79. The Morgan fingerprint density at radius 2 is 2.21 bits per heavy atom. The maximum Gasteiger partial charge on any atom is 0.0843 e. The summed E-state index contributed by atoms with van der Waals surface area (Å²) in [5.41, 5.74) is 7.58. The second kappa shape index (κ2) is 4.47. The second-order valence-electron chi connectivity index (χ2n) is 3.42. The molecule has 1 aliphatic rings. The number of thiophene rings is 1. The monoisotopic (exact) mass is 335 g/mol. The number of rotatable bonds is 2. The Balaban J connectivity index is 2.22. The Hall–Kier alpha value is 0.360. The standard InChI is InChI=1S/C10H11Br2NS/c11-7-5-8(14-10(7)12)9(13)6-3-1-2-4-6/h3,5,9H,1-2,4,13H2. The average Bonchev–Trinajstić information content (AvgIpc) is 2.76. The van der Waals surface area contributed by atoms with Gasteiger partial charge in [-0.2, -0.15) is 0 Å². The molecule has 1 unspecified atom stereocenters. The Bertz CT molecular complexity index is 351. The quantitative estimate of drug-likeness (QED) is 0.797. The van der Waals surface area contributed by atoms with Gasteiger partial charge in [-0.05, 0) is 57.2 Å². The van der Waals surface area contributed by atoms with Crippen LogP contribution in [-0.4, -0.2) is 0 Å². The molecule has 0 fully saturated rings. The highest BCUT2D eigenvalue weighted by Crippen LogP contribution is 2.38. The van der Waals surface area contributed by atoms with Gasteiger partial charge in [-0.15, -0.1) is 11.3 Å². The maximum atomic E-state index is 6.18. The van der Waals surface area contributed by atoms with E-state index in [1.54, 1.807) is 11.3 Å². The Morgan fingerprint density at radius 1 is 1.43 bits per heavy atom. The molecule has 2 N–H and O–H groups in total. The van der Waals surface area contributed by atoms with E-state index in [9.17, 15) is 0 Å². The van der Waals surface area contributed by atoms with Crippen LogP contribution in [0.4, 0.5) is 0 Å². The van der Waals surface area contributed by atoms with Gasteiger partial charge in [0.25, 0.3) is 0 Å². The zero-order valence-electron chi connectivity index (χ0n) is 7.59. The van der Waals surface area contributed by atoms with Crippen molar-refractivity contribution in [2.24, 2.45) is 5.73 Å². The number of allylic oxidation sites excluding steroid dienone is 1. The molecule has 1 heterocycles. The third-order valence-electron chi connectivity index (χ3n) is 2.45. The normalized spacial score (nSPS) is 18.4. The van der Waals surface area contributed by atoms with E-state index in [2.05, 4.69) is 44.0 Å². The highest BCUT2D eigenvalue weighted by molar-refractivity contribution is 9.13. The maximum absolute atomic E-state index is 6.18. The van der Waals surface area contributed by atoms with Gasteiger partial charge >= 0.3 is 0 Å². The lowest BCUT2D eigenvalue weighted by Crippen LogP contribution is -2.10. The molecular formula is C10H11Br2NS. The van der Waals surface area contributed by atoms with Gasteiger partial charge in [-0.1, -0.05) is 11.6 Å². The van der Waals surface area contributed by atoms with E-state index in [1.807, 2.05) is 0 Å². The van der Waals surface area contributed by atoms with E-state index in [0.717, 1.165) is 14.7 Å². The van der Waals surface area contributed by atoms with Crippen molar-refractivity contribution >= 4 is 43.2 Å². The predicted octanol–water partition coefficient (Wildman–Crippen LogP) is 4.38. The minimum Gasteiger partial charge on any atom is -0.320 e. The first-order chi connectivity index (χ1) is 6.68. The van der Waals surface area contributed by atoms with Gasteiger partial charge in [0.15, 0.2) is 0 Å².